The molecule has 0 saturated heterocycles. The molecule has 0 radical (unpaired) electrons. The first-order valence-corrected chi connectivity index (χ1v) is 7.05. The van der Waals surface area contributed by atoms with Gasteiger partial charge in [-0.15, -0.1) is 0 Å². The SMILES string of the molecule is [O-][n+]1nc(NCOC2CCCCC2)nc2ccccc21. The standard InChI is InChI=1S/C14H18N4O2/c19-18-13-9-5-4-8-12(13)16-14(17-18)15-10-20-11-6-2-1-3-7-11/h4-5,8-9,11H,1-3,6-7,10H2,(H,15,16,17). The fraction of sp³-hybridized carbons (Fsp3) is 0.500. The van der Waals surface area contributed by atoms with Crippen LogP contribution in [0.2, 0.25) is 0 Å². The Morgan fingerprint density at radius 1 is 1.25 bits per heavy atom. The molecule has 6 heteroatoms. The number of hydrogen-bond acceptors (Lipinski definition) is 5. The van der Waals surface area contributed by atoms with Gasteiger partial charge in [0.1, 0.15) is 12.2 Å². The molecule has 0 amide bonds. The summed E-state index contributed by atoms with van der Waals surface area (Å²) in [5, 5.41) is 18.6. The van der Waals surface area contributed by atoms with E-state index >= 15 is 0 Å². The highest BCUT2D eigenvalue weighted by Crippen LogP contribution is 2.20. The van der Waals surface area contributed by atoms with Crippen LogP contribution in [0.15, 0.2) is 24.3 Å². The zero-order valence-electron chi connectivity index (χ0n) is 11.3. The van der Waals surface area contributed by atoms with Crippen molar-refractivity contribution in [2.75, 3.05) is 12.0 Å². The summed E-state index contributed by atoms with van der Waals surface area (Å²) in [5.74, 6) is 0.300. The van der Waals surface area contributed by atoms with E-state index in [4.69, 9.17) is 4.74 Å². The quantitative estimate of drug-likeness (QED) is 0.524. The van der Waals surface area contributed by atoms with Gasteiger partial charge in [-0.1, -0.05) is 31.4 Å². The minimum Gasteiger partial charge on any atom is -0.594 e. The number of ether oxygens (including phenoxy) is 1. The summed E-state index contributed by atoms with van der Waals surface area (Å²) in [6.45, 7) is 0.336. The Morgan fingerprint density at radius 3 is 2.90 bits per heavy atom. The number of nitrogens with one attached hydrogen (secondary N) is 1. The van der Waals surface area contributed by atoms with E-state index in [0.717, 1.165) is 12.8 Å². The van der Waals surface area contributed by atoms with Crippen LogP contribution in [0.5, 0.6) is 0 Å². The van der Waals surface area contributed by atoms with Crippen molar-refractivity contribution in [2.24, 2.45) is 0 Å². The summed E-state index contributed by atoms with van der Waals surface area (Å²) in [4.78, 5) is 4.88. The number of rotatable bonds is 4. The van der Waals surface area contributed by atoms with E-state index in [0.29, 0.717) is 34.7 Å². The van der Waals surface area contributed by atoms with Crippen LogP contribution >= 0.6 is 0 Å². The third kappa shape index (κ3) is 2.96. The molecule has 1 aromatic carbocycles. The monoisotopic (exact) mass is 274 g/mol. The van der Waals surface area contributed by atoms with Gasteiger partial charge < -0.3 is 15.3 Å². The molecule has 20 heavy (non-hydrogen) atoms. The van der Waals surface area contributed by atoms with Crippen molar-refractivity contribution in [1.29, 1.82) is 0 Å². The van der Waals surface area contributed by atoms with Crippen molar-refractivity contribution < 1.29 is 9.58 Å². The summed E-state index contributed by atoms with van der Waals surface area (Å²) >= 11 is 0. The molecule has 1 fully saturated rings. The van der Waals surface area contributed by atoms with Crippen molar-refractivity contribution in [3.63, 3.8) is 0 Å². The van der Waals surface area contributed by atoms with E-state index in [1.54, 1.807) is 18.2 Å². The largest absolute Gasteiger partial charge is 0.594 e. The predicted molar refractivity (Wildman–Crippen MR) is 74.9 cm³/mol. The maximum atomic E-state index is 11.7. The zero-order chi connectivity index (χ0) is 13.8. The molecular weight excluding hydrogens is 256 g/mol. The average Bonchev–Trinajstić information content (AvgIpc) is 2.48. The maximum Gasteiger partial charge on any atom is 0.292 e. The van der Waals surface area contributed by atoms with Gasteiger partial charge in [0.2, 0.25) is 0 Å². The van der Waals surface area contributed by atoms with Crippen LogP contribution in [-0.2, 0) is 4.74 Å². The molecule has 1 aromatic heterocycles. The maximum absolute atomic E-state index is 11.7. The van der Waals surface area contributed by atoms with Crippen LogP contribution < -0.4 is 10.2 Å². The van der Waals surface area contributed by atoms with E-state index in [-0.39, 0.29) is 0 Å². The highest BCUT2D eigenvalue weighted by atomic mass is 16.5. The molecule has 0 unspecified atom stereocenters. The second-order valence-corrected chi connectivity index (χ2v) is 5.04. The van der Waals surface area contributed by atoms with Gasteiger partial charge in [-0.2, -0.15) is 0 Å². The summed E-state index contributed by atoms with van der Waals surface area (Å²) in [7, 11) is 0. The highest BCUT2D eigenvalue weighted by molar-refractivity contribution is 5.71. The van der Waals surface area contributed by atoms with Crippen molar-refractivity contribution in [3.05, 3.63) is 29.5 Å². The minimum absolute atomic E-state index is 0.300. The molecule has 0 atom stereocenters. The van der Waals surface area contributed by atoms with Crippen LogP contribution in [0.4, 0.5) is 5.95 Å². The molecule has 0 aliphatic heterocycles. The first-order valence-electron chi connectivity index (χ1n) is 7.05. The Bertz CT molecular complexity index is 584. The summed E-state index contributed by atoms with van der Waals surface area (Å²) in [6, 6.07) is 7.13. The Labute approximate surface area is 117 Å². The van der Waals surface area contributed by atoms with Gasteiger partial charge in [0.25, 0.3) is 11.5 Å². The number of aromatic nitrogens is 3. The number of fused-ring (bicyclic) bond motifs is 1. The molecule has 0 spiro atoms. The van der Waals surface area contributed by atoms with E-state index in [2.05, 4.69) is 15.4 Å². The van der Waals surface area contributed by atoms with Crippen LogP contribution in [0, 0.1) is 5.21 Å². The second-order valence-electron chi connectivity index (χ2n) is 5.04. The van der Waals surface area contributed by atoms with Crippen molar-refractivity contribution in [2.45, 2.75) is 38.2 Å². The van der Waals surface area contributed by atoms with Crippen molar-refractivity contribution in [3.8, 4) is 0 Å². The minimum atomic E-state index is 0.300. The van der Waals surface area contributed by atoms with Gasteiger partial charge in [-0.05, 0) is 23.8 Å². The van der Waals surface area contributed by atoms with Crippen LogP contribution in [0.3, 0.4) is 0 Å². The van der Waals surface area contributed by atoms with Gasteiger partial charge in [-0.3, -0.25) is 0 Å². The van der Waals surface area contributed by atoms with E-state index in [1.165, 1.54) is 19.3 Å². The molecule has 1 N–H and O–H groups in total. The number of nitrogens with zero attached hydrogens (tertiary/aromatic N) is 3. The Hall–Kier alpha value is -1.95. The van der Waals surface area contributed by atoms with Crippen molar-refractivity contribution >= 4 is 17.0 Å². The van der Waals surface area contributed by atoms with Gasteiger partial charge in [-0.25, -0.2) is 4.98 Å². The number of para-hydroxylation sites is 2. The number of anilines is 1. The third-order valence-electron chi connectivity index (χ3n) is 3.60. The van der Waals surface area contributed by atoms with E-state index < -0.39 is 0 Å². The molecular formula is C14H18N4O2. The Kier molecular flexibility index (Phi) is 3.92. The van der Waals surface area contributed by atoms with Gasteiger partial charge in [0.05, 0.1) is 11.2 Å². The molecule has 1 aliphatic carbocycles. The number of benzene rings is 1. The molecule has 1 heterocycles. The van der Waals surface area contributed by atoms with Gasteiger partial charge in [0, 0.05) is 6.07 Å². The topological polar surface area (TPSA) is 74.0 Å². The average molecular weight is 274 g/mol. The highest BCUT2D eigenvalue weighted by Gasteiger charge is 2.14. The normalized spacial score (nSPS) is 16.4. The van der Waals surface area contributed by atoms with Crippen LogP contribution in [-0.4, -0.2) is 22.9 Å². The fourth-order valence-electron chi connectivity index (χ4n) is 2.53. The van der Waals surface area contributed by atoms with Crippen LogP contribution in [0.1, 0.15) is 32.1 Å². The summed E-state index contributed by atoms with van der Waals surface area (Å²) in [5.41, 5.74) is 1.09. The van der Waals surface area contributed by atoms with Crippen LogP contribution in [0.25, 0.3) is 11.0 Å². The van der Waals surface area contributed by atoms with Crippen molar-refractivity contribution in [1.82, 2.24) is 10.1 Å². The fourth-order valence-corrected chi connectivity index (χ4v) is 2.53. The lowest BCUT2D eigenvalue weighted by molar-refractivity contribution is -0.641. The van der Waals surface area contributed by atoms with Gasteiger partial charge >= 0.3 is 0 Å². The Balaban J connectivity index is 1.62. The lowest BCUT2D eigenvalue weighted by Crippen LogP contribution is -2.34. The molecule has 2 aromatic rings. The Morgan fingerprint density at radius 2 is 2.05 bits per heavy atom. The molecule has 106 valence electrons. The zero-order valence-corrected chi connectivity index (χ0v) is 11.3. The molecule has 3 rings (SSSR count). The lowest BCUT2D eigenvalue weighted by Gasteiger charge is -2.21. The molecule has 6 nitrogen and oxygen atoms in total. The molecule has 1 aliphatic rings. The molecule has 0 bridgehead atoms. The van der Waals surface area contributed by atoms with Gasteiger partial charge in [0.15, 0.2) is 0 Å². The first-order chi connectivity index (χ1) is 9.83. The predicted octanol–water partition coefficient (Wildman–Crippen LogP) is 1.98. The molecule has 1 saturated carbocycles. The smallest absolute Gasteiger partial charge is 0.292 e. The summed E-state index contributed by atoms with van der Waals surface area (Å²) < 4.78 is 5.74. The lowest BCUT2D eigenvalue weighted by atomic mass is 9.98. The second kappa shape index (κ2) is 6.00. The summed E-state index contributed by atoms with van der Waals surface area (Å²) in [6.07, 6.45) is 6.31. The number of hydrogen-bond donors (Lipinski definition) is 1. The van der Waals surface area contributed by atoms with E-state index in [1.807, 2.05) is 6.07 Å². The third-order valence-corrected chi connectivity index (χ3v) is 3.60. The first kappa shape index (κ1) is 13.1. The van der Waals surface area contributed by atoms with E-state index in [9.17, 15) is 5.21 Å².